The first kappa shape index (κ1) is 14.6. The molecule has 0 unspecified atom stereocenters. The molecule has 0 saturated carbocycles. The minimum Gasteiger partial charge on any atom is -0.463 e. The molecule has 4 heterocycles. The Hall–Kier alpha value is -3.75. The molecule has 0 bridgehead atoms. The Morgan fingerprint density at radius 1 is 1.19 bits per heavy atom. The molecule has 1 aliphatic heterocycles. The SMILES string of the molecule is Cc1ccc([C@@H]2c3c(-c4ccco4)n[nH]c(=O)c3Nc3nnnn32)cc1. The summed E-state index contributed by atoms with van der Waals surface area (Å²) >= 11 is 0. The molecule has 9 heteroatoms. The first-order chi connectivity index (χ1) is 12.7. The van der Waals surface area contributed by atoms with Crippen molar-refractivity contribution in [2.45, 2.75) is 13.0 Å². The van der Waals surface area contributed by atoms with E-state index >= 15 is 0 Å². The zero-order valence-electron chi connectivity index (χ0n) is 13.7. The van der Waals surface area contributed by atoms with Crippen LogP contribution in [0, 0.1) is 6.92 Å². The summed E-state index contributed by atoms with van der Waals surface area (Å²) in [5, 5.41) is 21.6. The Labute approximate surface area is 146 Å². The second-order valence-electron chi connectivity index (χ2n) is 6.05. The highest BCUT2D eigenvalue weighted by atomic mass is 16.3. The summed E-state index contributed by atoms with van der Waals surface area (Å²) in [4.78, 5) is 12.5. The van der Waals surface area contributed by atoms with E-state index in [0.29, 0.717) is 28.7 Å². The number of nitrogens with one attached hydrogen (secondary N) is 2. The van der Waals surface area contributed by atoms with E-state index in [-0.39, 0.29) is 5.56 Å². The molecule has 0 radical (unpaired) electrons. The van der Waals surface area contributed by atoms with Crippen LogP contribution < -0.4 is 10.9 Å². The second kappa shape index (κ2) is 5.38. The number of benzene rings is 1. The van der Waals surface area contributed by atoms with Gasteiger partial charge in [0.1, 0.15) is 17.4 Å². The summed E-state index contributed by atoms with van der Waals surface area (Å²) in [5.74, 6) is 0.943. The van der Waals surface area contributed by atoms with E-state index in [9.17, 15) is 4.79 Å². The van der Waals surface area contributed by atoms with Gasteiger partial charge >= 0.3 is 0 Å². The molecule has 3 aromatic heterocycles. The molecule has 26 heavy (non-hydrogen) atoms. The van der Waals surface area contributed by atoms with Crippen molar-refractivity contribution < 1.29 is 4.42 Å². The molecule has 5 rings (SSSR count). The van der Waals surface area contributed by atoms with Crippen molar-refractivity contribution in [1.29, 1.82) is 0 Å². The van der Waals surface area contributed by atoms with Crippen molar-refractivity contribution in [3.63, 3.8) is 0 Å². The molecule has 2 N–H and O–H groups in total. The molecular formula is C17H13N7O2. The number of aromatic nitrogens is 6. The number of fused-ring (bicyclic) bond motifs is 2. The van der Waals surface area contributed by atoms with E-state index in [4.69, 9.17) is 4.42 Å². The molecule has 9 nitrogen and oxygen atoms in total. The van der Waals surface area contributed by atoms with Crippen molar-refractivity contribution >= 4 is 11.6 Å². The maximum absolute atomic E-state index is 12.5. The third-order valence-corrected chi connectivity index (χ3v) is 4.42. The number of hydrogen-bond acceptors (Lipinski definition) is 7. The maximum Gasteiger partial charge on any atom is 0.288 e. The predicted molar refractivity (Wildman–Crippen MR) is 92.1 cm³/mol. The van der Waals surface area contributed by atoms with Gasteiger partial charge in [0, 0.05) is 5.56 Å². The van der Waals surface area contributed by atoms with E-state index < -0.39 is 6.04 Å². The second-order valence-corrected chi connectivity index (χ2v) is 6.05. The third kappa shape index (κ3) is 2.07. The molecule has 0 fully saturated rings. The molecule has 0 spiro atoms. The van der Waals surface area contributed by atoms with Crippen LogP contribution in [0.25, 0.3) is 11.5 Å². The van der Waals surface area contributed by atoms with Crippen LogP contribution >= 0.6 is 0 Å². The van der Waals surface area contributed by atoms with Crippen molar-refractivity contribution in [3.8, 4) is 11.5 Å². The number of anilines is 2. The van der Waals surface area contributed by atoms with Gasteiger partial charge in [-0.3, -0.25) is 4.79 Å². The number of furan rings is 1. The lowest BCUT2D eigenvalue weighted by Crippen LogP contribution is -2.29. The predicted octanol–water partition coefficient (Wildman–Crippen LogP) is 2.02. The van der Waals surface area contributed by atoms with Crippen LogP contribution in [0.5, 0.6) is 0 Å². The Kier molecular flexibility index (Phi) is 3.02. The molecular weight excluding hydrogens is 334 g/mol. The van der Waals surface area contributed by atoms with Gasteiger partial charge in [-0.1, -0.05) is 34.9 Å². The van der Waals surface area contributed by atoms with Crippen LogP contribution in [0.15, 0.2) is 51.9 Å². The van der Waals surface area contributed by atoms with Crippen molar-refractivity contribution in [1.82, 2.24) is 30.4 Å². The number of aryl methyl sites for hydroxylation is 1. The molecule has 1 aliphatic rings. The minimum atomic E-state index is -0.410. The van der Waals surface area contributed by atoms with E-state index in [1.807, 2.05) is 31.2 Å². The van der Waals surface area contributed by atoms with Gasteiger partial charge in [-0.05, 0) is 35.0 Å². The van der Waals surface area contributed by atoms with Crippen molar-refractivity contribution in [2.75, 3.05) is 5.32 Å². The number of rotatable bonds is 2. The number of hydrogen-bond donors (Lipinski definition) is 2. The monoisotopic (exact) mass is 347 g/mol. The number of tetrazole rings is 1. The van der Waals surface area contributed by atoms with Gasteiger partial charge in [-0.2, -0.15) is 9.78 Å². The Morgan fingerprint density at radius 2 is 2.04 bits per heavy atom. The summed E-state index contributed by atoms with van der Waals surface area (Å²) in [6.07, 6.45) is 1.56. The highest BCUT2D eigenvalue weighted by Crippen LogP contribution is 2.40. The summed E-state index contributed by atoms with van der Waals surface area (Å²) in [7, 11) is 0. The summed E-state index contributed by atoms with van der Waals surface area (Å²) in [6, 6.07) is 11.2. The highest BCUT2D eigenvalue weighted by Gasteiger charge is 2.34. The maximum atomic E-state index is 12.5. The fourth-order valence-corrected chi connectivity index (χ4v) is 3.20. The first-order valence-electron chi connectivity index (χ1n) is 8.00. The van der Waals surface area contributed by atoms with Crippen LogP contribution in [0.2, 0.25) is 0 Å². The van der Waals surface area contributed by atoms with Crippen LogP contribution in [0.4, 0.5) is 11.6 Å². The van der Waals surface area contributed by atoms with Gasteiger partial charge < -0.3 is 9.73 Å². The first-order valence-corrected chi connectivity index (χ1v) is 8.00. The average molecular weight is 347 g/mol. The number of nitrogens with zero attached hydrogens (tertiary/aromatic N) is 5. The van der Waals surface area contributed by atoms with Crippen LogP contribution in [-0.2, 0) is 0 Å². The van der Waals surface area contributed by atoms with E-state index in [1.54, 1.807) is 23.1 Å². The van der Waals surface area contributed by atoms with Gasteiger partial charge in [0.25, 0.3) is 5.56 Å². The molecule has 1 aromatic carbocycles. The largest absolute Gasteiger partial charge is 0.463 e. The fourth-order valence-electron chi connectivity index (χ4n) is 3.20. The van der Waals surface area contributed by atoms with Crippen LogP contribution in [0.1, 0.15) is 22.7 Å². The summed E-state index contributed by atoms with van der Waals surface area (Å²) in [5.41, 5.74) is 3.28. The molecule has 0 aliphatic carbocycles. The highest BCUT2D eigenvalue weighted by molar-refractivity contribution is 5.73. The van der Waals surface area contributed by atoms with Gasteiger partial charge in [-0.15, -0.1) is 0 Å². The lowest BCUT2D eigenvalue weighted by molar-refractivity contribution is 0.554. The summed E-state index contributed by atoms with van der Waals surface area (Å²) in [6.45, 7) is 2.02. The van der Waals surface area contributed by atoms with Crippen LogP contribution in [-0.4, -0.2) is 30.4 Å². The standard InChI is InChI=1S/C17H13N7O2/c1-9-4-6-10(7-5-9)15-12-13(11-3-2-8-26-11)19-20-16(25)14(12)18-17-21-22-23-24(15)17/h2-8,15H,1H3,(H,20,25)(H,18,21,23)/t15-/m1/s1. The lowest BCUT2D eigenvalue weighted by atomic mass is 9.94. The molecule has 0 amide bonds. The normalized spacial score (nSPS) is 15.2. The summed E-state index contributed by atoms with van der Waals surface area (Å²) < 4.78 is 7.16. The smallest absolute Gasteiger partial charge is 0.288 e. The van der Waals surface area contributed by atoms with Gasteiger partial charge in [-0.25, -0.2) is 5.10 Å². The number of H-pyrrole nitrogens is 1. The van der Waals surface area contributed by atoms with E-state index in [2.05, 4.69) is 31.0 Å². The van der Waals surface area contributed by atoms with Gasteiger partial charge in [0.05, 0.1) is 6.26 Å². The molecule has 1 atom stereocenters. The number of aromatic amines is 1. The Morgan fingerprint density at radius 3 is 2.81 bits per heavy atom. The minimum absolute atomic E-state index is 0.346. The average Bonchev–Trinajstić information content (AvgIpc) is 3.33. The van der Waals surface area contributed by atoms with Crippen LogP contribution in [0.3, 0.4) is 0 Å². The zero-order valence-corrected chi connectivity index (χ0v) is 13.7. The van der Waals surface area contributed by atoms with Crippen molar-refractivity contribution in [2.24, 2.45) is 0 Å². The van der Waals surface area contributed by atoms with E-state index in [0.717, 1.165) is 11.1 Å². The quantitative estimate of drug-likeness (QED) is 0.502. The zero-order chi connectivity index (χ0) is 17.7. The molecule has 0 saturated heterocycles. The van der Waals surface area contributed by atoms with Gasteiger partial charge in [0.2, 0.25) is 5.95 Å². The molecule has 4 aromatic rings. The topological polar surface area (TPSA) is 115 Å². The third-order valence-electron chi connectivity index (χ3n) is 4.42. The van der Waals surface area contributed by atoms with E-state index in [1.165, 1.54) is 0 Å². The Bertz CT molecular complexity index is 1140. The Balaban J connectivity index is 1.83. The fraction of sp³-hybridized carbons (Fsp3) is 0.118. The molecule has 128 valence electrons. The lowest BCUT2D eigenvalue weighted by Gasteiger charge is -2.27. The van der Waals surface area contributed by atoms with Gasteiger partial charge in [0.15, 0.2) is 5.76 Å². The van der Waals surface area contributed by atoms with Crippen molar-refractivity contribution in [3.05, 3.63) is 69.7 Å².